The molecule has 1 aliphatic carbocycles. The molecule has 1 aromatic heterocycles. The number of nitrogens with zero attached hydrogens (tertiary/aromatic N) is 1. The van der Waals surface area contributed by atoms with E-state index in [1.807, 2.05) is 12.1 Å². The minimum absolute atomic E-state index is 0.00843. The number of aliphatic hydroxyl groups excluding tert-OH is 1. The molecule has 1 heterocycles. The van der Waals surface area contributed by atoms with Crippen LogP contribution in [-0.2, 0) is 11.2 Å². The van der Waals surface area contributed by atoms with E-state index >= 15 is 0 Å². The first kappa shape index (κ1) is 13.0. The highest BCUT2D eigenvalue weighted by molar-refractivity contribution is 5.79. The van der Waals surface area contributed by atoms with Gasteiger partial charge in [0.05, 0.1) is 6.10 Å². The fourth-order valence-corrected chi connectivity index (χ4v) is 2.28. The lowest BCUT2D eigenvalue weighted by Gasteiger charge is -2.10. The predicted molar refractivity (Wildman–Crippen MR) is 67.7 cm³/mol. The third kappa shape index (κ3) is 3.27. The standard InChI is InChI=1S/C13H19N3O2/c14-11-6-10(7-12(11)17)13(18)16-5-3-9-2-1-4-15-8-9/h1-2,4,8,10-12,17H,3,5-7,14H2,(H,16,18)/t10-,11-,12-/m0/s1. The number of hydrogen-bond donors (Lipinski definition) is 3. The molecule has 3 atom stereocenters. The highest BCUT2D eigenvalue weighted by Crippen LogP contribution is 2.24. The number of hydrogen-bond acceptors (Lipinski definition) is 4. The van der Waals surface area contributed by atoms with Crippen molar-refractivity contribution >= 4 is 5.91 Å². The lowest BCUT2D eigenvalue weighted by molar-refractivity contribution is -0.125. The van der Waals surface area contributed by atoms with E-state index in [1.165, 1.54) is 0 Å². The van der Waals surface area contributed by atoms with Crippen molar-refractivity contribution in [2.75, 3.05) is 6.54 Å². The highest BCUT2D eigenvalue weighted by Gasteiger charge is 2.34. The van der Waals surface area contributed by atoms with Crippen LogP contribution in [0.15, 0.2) is 24.5 Å². The van der Waals surface area contributed by atoms with Crippen LogP contribution in [-0.4, -0.2) is 34.7 Å². The molecule has 0 bridgehead atoms. The molecule has 0 radical (unpaired) electrons. The Balaban J connectivity index is 1.73. The molecule has 0 unspecified atom stereocenters. The van der Waals surface area contributed by atoms with Crippen LogP contribution in [0.4, 0.5) is 0 Å². The monoisotopic (exact) mass is 249 g/mol. The van der Waals surface area contributed by atoms with Gasteiger partial charge in [-0.1, -0.05) is 6.07 Å². The summed E-state index contributed by atoms with van der Waals surface area (Å²) in [7, 11) is 0. The summed E-state index contributed by atoms with van der Waals surface area (Å²) < 4.78 is 0. The van der Waals surface area contributed by atoms with Gasteiger partial charge in [-0.25, -0.2) is 0 Å². The molecule has 1 amide bonds. The summed E-state index contributed by atoms with van der Waals surface area (Å²) in [5, 5.41) is 12.4. The van der Waals surface area contributed by atoms with Crippen LogP contribution in [0.2, 0.25) is 0 Å². The number of carbonyl (C=O) groups excluding carboxylic acids is 1. The maximum Gasteiger partial charge on any atom is 0.223 e. The Morgan fingerprint density at radius 1 is 1.56 bits per heavy atom. The van der Waals surface area contributed by atoms with Gasteiger partial charge in [0.1, 0.15) is 0 Å². The molecule has 5 nitrogen and oxygen atoms in total. The van der Waals surface area contributed by atoms with Crippen LogP contribution in [0, 0.1) is 5.92 Å². The number of pyridine rings is 1. The van der Waals surface area contributed by atoms with Crippen LogP contribution < -0.4 is 11.1 Å². The zero-order valence-electron chi connectivity index (χ0n) is 10.2. The summed E-state index contributed by atoms with van der Waals surface area (Å²) in [5.74, 6) is -0.158. The second-order valence-electron chi connectivity index (χ2n) is 4.80. The Morgan fingerprint density at radius 3 is 3.00 bits per heavy atom. The Bertz CT molecular complexity index is 386. The van der Waals surface area contributed by atoms with Gasteiger partial charge in [-0.15, -0.1) is 0 Å². The predicted octanol–water partition coefficient (Wildman–Crippen LogP) is -0.161. The van der Waals surface area contributed by atoms with E-state index in [0.29, 0.717) is 19.4 Å². The van der Waals surface area contributed by atoms with Gasteiger partial charge >= 0.3 is 0 Å². The van der Waals surface area contributed by atoms with E-state index in [2.05, 4.69) is 10.3 Å². The van der Waals surface area contributed by atoms with E-state index in [1.54, 1.807) is 12.4 Å². The molecule has 1 aliphatic rings. The number of aromatic nitrogens is 1. The van der Waals surface area contributed by atoms with Gasteiger partial charge in [-0.2, -0.15) is 0 Å². The SMILES string of the molecule is N[C@H]1C[C@H](C(=O)NCCc2cccnc2)C[C@@H]1O. The van der Waals surface area contributed by atoms with E-state index in [0.717, 1.165) is 12.0 Å². The molecule has 18 heavy (non-hydrogen) atoms. The summed E-state index contributed by atoms with van der Waals surface area (Å²) in [6, 6.07) is 3.59. The average Bonchev–Trinajstić information content (AvgIpc) is 2.71. The molecule has 1 fully saturated rings. The van der Waals surface area contributed by atoms with E-state index in [9.17, 15) is 9.90 Å². The molecule has 1 saturated carbocycles. The summed E-state index contributed by atoms with van der Waals surface area (Å²) in [6.45, 7) is 0.590. The van der Waals surface area contributed by atoms with Crippen LogP contribution in [0.3, 0.4) is 0 Å². The lowest BCUT2D eigenvalue weighted by Crippen LogP contribution is -2.32. The van der Waals surface area contributed by atoms with Gasteiger partial charge in [-0.3, -0.25) is 9.78 Å². The topological polar surface area (TPSA) is 88.2 Å². The normalized spacial score (nSPS) is 27.1. The van der Waals surface area contributed by atoms with Crippen molar-refractivity contribution in [3.05, 3.63) is 30.1 Å². The first-order chi connectivity index (χ1) is 8.66. The first-order valence-electron chi connectivity index (χ1n) is 6.27. The molecule has 1 aromatic rings. The zero-order valence-corrected chi connectivity index (χ0v) is 10.2. The molecule has 4 N–H and O–H groups in total. The van der Waals surface area contributed by atoms with Crippen LogP contribution >= 0.6 is 0 Å². The van der Waals surface area contributed by atoms with Crippen molar-refractivity contribution in [2.24, 2.45) is 11.7 Å². The van der Waals surface area contributed by atoms with Gasteiger partial charge in [0.25, 0.3) is 0 Å². The smallest absolute Gasteiger partial charge is 0.223 e. The average molecular weight is 249 g/mol. The number of rotatable bonds is 4. The van der Waals surface area contributed by atoms with Crippen LogP contribution in [0.1, 0.15) is 18.4 Å². The van der Waals surface area contributed by atoms with Crippen molar-refractivity contribution < 1.29 is 9.90 Å². The molecule has 0 aliphatic heterocycles. The third-order valence-electron chi connectivity index (χ3n) is 3.38. The maximum absolute atomic E-state index is 11.8. The van der Waals surface area contributed by atoms with Gasteiger partial charge in [0.2, 0.25) is 5.91 Å². The second-order valence-corrected chi connectivity index (χ2v) is 4.80. The summed E-state index contributed by atoms with van der Waals surface area (Å²) in [6.07, 6.45) is 4.78. The molecular weight excluding hydrogens is 230 g/mol. The summed E-state index contributed by atoms with van der Waals surface area (Å²) in [5.41, 5.74) is 6.79. The second kappa shape index (κ2) is 5.93. The van der Waals surface area contributed by atoms with Crippen molar-refractivity contribution in [2.45, 2.75) is 31.4 Å². The number of carbonyl (C=O) groups is 1. The molecular formula is C13H19N3O2. The Morgan fingerprint density at radius 2 is 2.39 bits per heavy atom. The molecule has 5 heteroatoms. The quantitative estimate of drug-likeness (QED) is 0.692. The minimum atomic E-state index is -0.543. The first-order valence-corrected chi connectivity index (χ1v) is 6.27. The molecule has 2 rings (SSSR count). The van der Waals surface area contributed by atoms with Crippen molar-refractivity contribution in [1.29, 1.82) is 0 Å². The third-order valence-corrected chi connectivity index (χ3v) is 3.38. The van der Waals surface area contributed by atoms with Crippen LogP contribution in [0.25, 0.3) is 0 Å². The minimum Gasteiger partial charge on any atom is -0.391 e. The fourth-order valence-electron chi connectivity index (χ4n) is 2.28. The maximum atomic E-state index is 11.8. The van der Waals surface area contributed by atoms with Gasteiger partial charge in [-0.05, 0) is 30.9 Å². The van der Waals surface area contributed by atoms with Crippen LogP contribution in [0.5, 0.6) is 0 Å². The summed E-state index contributed by atoms with van der Waals surface area (Å²) >= 11 is 0. The van der Waals surface area contributed by atoms with E-state index in [4.69, 9.17) is 5.73 Å². The number of amides is 1. The van der Waals surface area contributed by atoms with Crippen molar-refractivity contribution in [3.8, 4) is 0 Å². The van der Waals surface area contributed by atoms with Gasteiger partial charge < -0.3 is 16.2 Å². The molecule has 0 saturated heterocycles. The largest absolute Gasteiger partial charge is 0.391 e. The Kier molecular flexibility index (Phi) is 4.28. The zero-order chi connectivity index (χ0) is 13.0. The fraction of sp³-hybridized carbons (Fsp3) is 0.538. The van der Waals surface area contributed by atoms with Gasteiger partial charge in [0, 0.05) is 30.9 Å². The van der Waals surface area contributed by atoms with Crippen molar-refractivity contribution in [1.82, 2.24) is 10.3 Å². The number of nitrogens with one attached hydrogen (secondary N) is 1. The van der Waals surface area contributed by atoms with Crippen molar-refractivity contribution in [3.63, 3.8) is 0 Å². The highest BCUT2D eigenvalue weighted by atomic mass is 16.3. The Labute approximate surface area is 106 Å². The Hall–Kier alpha value is -1.46. The summed E-state index contributed by atoms with van der Waals surface area (Å²) in [4.78, 5) is 15.9. The van der Waals surface area contributed by atoms with Gasteiger partial charge in [0.15, 0.2) is 0 Å². The van der Waals surface area contributed by atoms with E-state index < -0.39 is 6.10 Å². The number of nitrogens with two attached hydrogens (primary N) is 1. The van der Waals surface area contributed by atoms with E-state index in [-0.39, 0.29) is 17.9 Å². The number of aliphatic hydroxyl groups is 1. The lowest BCUT2D eigenvalue weighted by atomic mass is 10.1. The molecule has 98 valence electrons. The molecule has 0 aromatic carbocycles. The molecule has 0 spiro atoms.